The van der Waals surface area contributed by atoms with Crippen LogP contribution in [0.15, 0.2) is 11.5 Å². The van der Waals surface area contributed by atoms with Crippen LogP contribution < -0.4 is 0 Å². The van der Waals surface area contributed by atoms with E-state index in [1.54, 1.807) is 0 Å². The summed E-state index contributed by atoms with van der Waals surface area (Å²) in [4.78, 5) is 0. The first-order chi connectivity index (χ1) is 8.33. The van der Waals surface area contributed by atoms with Gasteiger partial charge >= 0.3 is 0 Å². The Morgan fingerprint density at radius 3 is 2.47 bits per heavy atom. The first-order valence-electron chi connectivity index (χ1n) is 7.32. The van der Waals surface area contributed by atoms with E-state index in [1.165, 1.54) is 56.5 Å². The van der Waals surface area contributed by atoms with Crippen molar-refractivity contribution in [3.05, 3.63) is 11.5 Å². The minimum absolute atomic E-state index is 0.544. The Kier molecular flexibility index (Phi) is 4.75. The molecule has 0 spiro atoms. The largest absolute Gasteiger partial charge is 0.491 e. The Morgan fingerprint density at radius 1 is 1.00 bits per heavy atom. The van der Waals surface area contributed by atoms with E-state index in [1.807, 2.05) is 0 Å². The molecule has 1 aliphatic heterocycles. The second-order valence-corrected chi connectivity index (χ2v) is 5.45. The molecule has 2 rings (SSSR count). The maximum atomic E-state index is 5.96. The summed E-state index contributed by atoms with van der Waals surface area (Å²) < 4.78 is 11.9. The van der Waals surface area contributed by atoms with Gasteiger partial charge < -0.3 is 9.47 Å². The van der Waals surface area contributed by atoms with Gasteiger partial charge in [0.25, 0.3) is 0 Å². The van der Waals surface area contributed by atoms with Gasteiger partial charge in [-0.1, -0.05) is 39.5 Å². The van der Waals surface area contributed by atoms with Crippen molar-refractivity contribution in [3.8, 4) is 0 Å². The summed E-state index contributed by atoms with van der Waals surface area (Å²) in [5.74, 6) is 3.53. The van der Waals surface area contributed by atoms with Crippen molar-refractivity contribution in [3.63, 3.8) is 0 Å². The molecule has 2 aliphatic rings. The van der Waals surface area contributed by atoms with Crippen LogP contribution in [0.5, 0.6) is 0 Å². The second-order valence-electron chi connectivity index (χ2n) is 5.45. The summed E-state index contributed by atoms with van der Waals surface area (Å²) in [6.07, 6.45) is 9.06. The van der Waals surface area contributed by atoms with Gasteiger partial charge in [0.15, 0.2) is 0 Å². The van der Waals surface area contributed by atoms with Gasteiger partial charge in [0.2, 0.25) is 0 Å². The van der Waals surface area contributed by atoms with E-state index in [0.29, 0.717) is 11.8 Å². The molecule has 0 aromatic carbocycles. The van der Waals surface area contributed by atoms with E-state index >= 15 is 0 Å². The van der Waals surface area contributed by atoms with Crippen molar-refractivity contribution >= 4 is 0 Å². The number of hydrogen-bond acceptors (Lipinski definition) is 2. The van der Waals surface area contributed by atoms with Gasteiger partial charge in [-0.2, -0.15) is 0 Å². The van der Waals surface area contributed by atoms with Crippen LogP contribution >= 0.6 is 0 Å². The molecule has 2 nitrogen and oxygen atoms in total. The second kappa shape index (κ2) is 6.32. The van der Waals surface area contributed by atoms with Gasteiger partial charge in [-0.25, -0.2) is 0 Å². The summed E-state index contributed by atoms with van der Waals surface area (Å²) in [5, 5.41) is 0. The third-order valence-corrected chi connectivity index (χ3v) is 3.99. The van der Waals surface area contributed by atoms with Crippen LogP contribution in [0.4, 0.5) is 0 Å². The first kappa shape index (κ1) is 12.8. The molecule has 0 amide bonds. The molecule has 2 unspecified atom stereocenters. The molecular weight excluding hydrogens is 212 g/mol. The average Bonchev–Trinajstić information content (AvgIpc) is 2.43. The topological polar surface area (TPSA) is 18.5 Å². The molecule has 1 heterocycles. The molecule has 0 radical (unpaired) electrons. The van der Waals surface area contributed by atoms with Crippen LogP contribution in [-0.2, 0) is 9.47 Å². The highest BCUT2D eigenvalue weighted by atomic mass is 16.6. The first-order valence-corrected chi connectivity index (χ1v) is 7.32. The molecule has 98 valence electrons. The third kappa shape index (κ3) is 3.17. The van der Waals surface area contributed by atoms with E-state index in [4.69, 9.17) is 9.47 Å². The fourth-order valence-electron chi connectivity index (χ4n) is 3.05. The van der Waals surface area contributed by atoms with Gasteiger partial charge in [-0.15, -0.1) is 0 Å². The zero-order valence-corrected chi connectivity index (χ0v) is 11.3. The molecule has 17 heavy (non-hydrogen) atoms. The van der Waals surface area contributed by atoms with Gasteiger partial charge in [-0.05, 0) is 19.3 Å². The standard InChI is InChI=1S/C15H26O2/c1-3-7-13-9-6-4-5-8-12(2)14-15(13)17-11-10-16-14/h12-13H,3-11H2,1-2H3. The normalized spacial score (nSPS) is 30.5. The van der Waals surface area contributed by atoms with Crippen LogP contribution in [0.3, 0.4) is 0 Å². The smallest absolute Gasteiger partial charge is 0.137 e. The summed E-state index contributed by atoms with van der Waals surface area (Å²) in [6.45, 7) is 6.03. The van der Waals surface area contributed by atoms with Crippen molar-refractivity contribution in [1.29, 1.82) is 0 Å². The van der Waals surface area contributed by atoms with Crippen molar-refractivity contribution in [2.75, 3.05) is 13.2 Å². The Labute approximate surface area is 105 Å². The molecule has 0 aromatic rings. The van der Waals surface area contributed by atoms with E-state index in [9.17, 15) is 0 Å². The van der Waals surface area contributed by atoms with E-state index in [-0.39, 0.29) is 0 Å². The van der Waals surface area contributed by atoms with Gasteiger partial charge in [-0.3, -0.25) is 0 Å². The molecular formula is C15H26O2. The Hall–Kier alpha value is -0.660. The summed E-state index contributed by atoms with van der Waals surface area (Å²) in [6, 6.07) is 0. The van der Waals surface area contributed by atoms with Crippen molar-refractivity contribution in [2.45, 2.75) is 58.8 Å². The molecule has 1 aliphatic carbocycles. The van der Waals surface area contributed by atoms with Gasteiger partial charge in [0.1, 0.15) is 24.7 Å². The molecule has 0 N–H and O–H groups in total. The highest BCUT2D eigenvalue weighted by Gasteiger charge is 2.27. The number of rotatable bonds is 2. The minimum atomic E-state index is 0.544. The van der Waals surface area contributed by atoms with Crippen molar-refractivity contribution in [1.82, 2.24) is 0 Å². The molecule has 2 heteroatoms. The van der Waals surface area contributed by atoms with Crippen LogP contribution in [0, 0.1) is 11.8 Å². The Balaban J connectivity index is 2.21. The van der Waals surface area contributed by atoms with Crippen molar-refractivity contribution < 1.29 is 9.47 Å². The Morgan fingerprint density at radius 2 is 1.71 bits per heavy atom. The van der Waals surface area contributed by atoms with E-state index < -0.39 is 0 Å². The number of hydrogen-bond donors (Lipinski definition) is 0. The lowest BCUT2D eigenvalue weighted by atomic mass is 9.93. The number of allylic oxidation sites excluding steroid dienone is 2. The van der Waals surface area contributed by atoms with Gasteiger partial charge in [0, 0.05) is 11.8 Å². The molecule has 0 bridgehead atoms. The monoisotopic (exact) mass is 238 g/mol. The predicted octanol–water partition coefficient (Wildman–Crippen LogP) is 4.26. The SMILES string of the molecule is CCCC1CCCCCC(C)C2=C1OCCO2. The van der Waals surface area contributed by atoms with Crippen LogP contribution in [0.2, 0.25) is 0 Å². The minimum Gasteiger partial charge on any atom is -0.491 e. The highest BCUT2D eigenvalue weighted by molar-refractivity contribution is 5.11. The lowest BCUT2D eigenvalue weighted by Gasteiger charge is -2.29. The number of ether oxygens (including phenoxy) is 2. The quantitative estimate of drug-likeness (QED) is 0.715. The Bertz CT molecular complexity index is 270. The lowest BCUT2D eigenvalue weighted by Crippen LogP contribution is -2.22. The molecule has 0 aromatic heterocycles. The maximum Gasteiger partial charge on any atom is 0.137 e. The molecule has 0 saturated carbocycles. The fraction of sp³-hybridized carbons (Fsp3) is 0.867. The van der Waals surface area contributed by atoms with Gasteiger partial charge in [0.05, 0.1) is 0 Å². The van der Waals surface area contributed by atoms with E-state index in [2.05, 4.69) is 13.8 Å². The third-order valence-electron chi connectivity index (χ3n) is 3.99. The summed E-state index contributed by atoms with van der Waals surface area (Å²) >= 11 is 0. The molecule has 2 atom stereocenters. The molecule has 0 saturated heterocycles. The zero-order valence-electron chi connectivity index (χ0n) is 11.3. The fourth-order valence-corrected chi connectivity index (χ4v) is 3.05. The maximum absolute atomic E-state index is 5.96. The summed E-state index contributed by atoms with van der Waals surface area (Å²) in [7, 11) is 0. The lowest BCUT2D eigenvalue weighted by molar-refractivity contribution is 0.0290. The highest BCUT2D eigenvalue weighted by Crippen LogP contribution is 2.35. The van der Waals surface area contributed by atoms with Crippen LogP contribution in [-0.4, -0.2) is 13.2 Å². The predicted molar refractivity (Wildman–Crippen MR) is 69.6 cm³/mol. The average molecular weight is 238 g/mol. The van der Waals surface area contributed by atoms with Crippen LogP contribution in [0.1, 0.15) is 58.8 Å². The van der Waals surface area contributed by atoms with E-state index in [0.717, 1.165) is 13.2 Å². The molecule has 0 fully saturated rings. The van der Waals surface area contributed by atoms with Crippen LogP contribution in [0.25, 0.3) is 0 Å². The summed E-state index contributed by atoms with van der Waals surface area (Å²) in [5.41, 5.74) is 0. The zero-order chi connectivity index (χ0) is 12.1. The van der Waals surface area contributed by atoms with Crippen molar-refractivity contribution in [2.24, 2.45) is 11.8 Å².